The molecule has 1 N–H and O–H groups in total. The van der Waals surface area contributed by atoms with Crippen LogP contribution in [0.25, 0.3) is 44.2 Å². The van der Waals surface area contributed by atoms with Gasteiger partial charge in [-0.2, -0.15) is 0 Å². The number of benzene rings is 6. The molecule has 0 aliphatic rings. The summed E-state index contributed by atoms with van der Waals surface area (Å²) in [5, 5.41) is 6.33. The van der Waals surface area contributed by atoms with E-state index in [1.807, 2.05) is 0 Å². The molecule has 6 rings (SSSR count). The topological polar surface area (TPSA) is 12.0 Å². The van der Waals surface area contributed by atoms with Gasteiger partial charge in [-0.05, 0) is 67.8 Å². The molecular weight excluding hydrogens is 470 g/mol. The van der Waals surface area contributed by atoms with Crippen LogP contribution >= 0.6 is 0 Å². The zero-order valence-corrected chi connectivity index (χ0v) is 22.8. The Labute approximate surface area is 231 Å². The Morgan fingerprint density at radius 3 is 1.82 bits per heavy atom. The summed E-state index contributed by atoms with van der Waals surface area (Å²) in [6, 6.07) is 50.0. The van der Waals surface area contributed by atoms with Crippen molar-refractivity contribution in [1.82, 2.24) is 0 Å². The van der Waals surface area contributed by atoms with Crippen molar-refractivity contribution in [3.63, 3.8) is 0 Å². The third-order valence-electron chi connectivity index (χ3n) is 7.41. The highest BCUT2D eigenvalue weighted by Crippen LogP contribution is 2.38. The zero-order chi connectivity index (χ0) is 26.8. The van der Waals surface area contributed by atoms with Gasteiger partial charge in [0.25, 0.3) is 0 Å². The lowest BCUT2D eigenvalue weighted by atomic mass is 9.82. The van der Waals surface area contributed by atoms with E-state index in [-0.39, 0.29) is 5.41 Å². The molecule has 0 bridgehead atoms. The van der Waals surface area contributed by atoms with Gasteiger partial charge in [-0.25, -0.2) is 0 Å². The van der Waals surface area contributed by atoms with Crippen LogP contribution in [0.4, 0.5) is 11.4 Å². The molecule has 0 atom stereocenters. The normalized spacial score (nSPS) is 11.5. The second-order valence-electron chi connectivity index (χ2n) is 11.2. The van der Waals surface area contributed by atoms with E-state index in [1.165, 1.54) is 49.7 Å². The average molecular weight is 504 g/mol. The zero-order valence-electron chi connectivity index (χ0n) is 22.8. The lowest BCUT2D eigenvalue weighted by molar-refractivity contribution is 0.596. The first-order valence-electron chi connectivity index (χ1n) is 13.6. The van der Waals surface area contributed by atoms with Crippen LogP contribution in [0.3, 0.4) is 0 Å². The summed E-state index contributed by atoms with van der Waals surface area (Å²) in [6.45, 7) is 6.85. The van der Waals surface area contributed by atoms with Crippen LogP contribution in [0.1, 0.15) is 26.3 Å². The smallest absolute Gasteiger partial charge is 0.0463 e. The van der Waals surface area contributed by atoms with Crippen molar-refractivity contribution in [2.45, 2.75) is 26.2 Å². The number of rotatable bonds is 5. The molecule has 0 saturated heterocycles. The van der Waals surface area contributed by atoms with Crippen LogP contribution in [0.15, 0.2) is 140 Å². The van der Waals surface area contributed by atoms with Gasteiger partial charge < -0.3 is 5.32 Å². The third-order valence-corrected chi connectivity index (χ3v) is 7.41. The van der Waals surface area contributed by atoms with Gasteiger partial charge >= 0.3 is 0 Å². The molecule has 1 heteroatoms. The van der Waals surface area contributed by atoms with Crippen molar-refractivity contribution in [2.75, 3.05) is 5.32 Å². The molecule has 1 nitrogen and oxygen atoms in total. The summed E-state index contributed by atoms with van der Waals surface area (Å²) in [4.78, 5) is 0. The fourth-order valence-corrected chi connectivity index (χ4v) is 5.44. The van der Waals surface area contributed by atoms with E-state index < -0.39 is 0 Å². The molecule has 0 saturated carbocycles. The number of hydrogen-bond donors (Lipinski definition) is 1. The van der Waals surface area contributed by atoms with Gasteiger partial charge in [0, 0.05) is 16.9 Å². The number of anilines is 2. The lowest BCUT2D eigenvalue weighted by Crippen LogP contribution is -2.11. The monoisotopic (exact) mass is 503 g/mol. The molecule has 0 aliphatic carbocycles. The fourth-order valence-electron chi connectivity index (χ4n) is 5.44. The summed E-state index contributed by atoms with van der Waals surface area (Å²) in [6.07, 6.45) is 0. The fraction of sp³-hybridized carbons (Fsp3) is 0.105. The van der Waals surface area contributed by atoms with Crippen molar-refractivity contribution in [3.05, 3.63) is 145 Å². The Morgan fingerprint density at radius 1 is 0.436 bits per heavy atom. The van der Waals surface area contributed by atoms with E-state index in [9.17, 15) is 0 Å². The van der Waals surface area contributed by atoms with Gasteiger partial charge in [-0.15, -0.1) is 0 Å². The second-order valence-corrected chi connectivity index (χ2v) is 11.2. The maximum Gasteiger partial charge on any atom is 0.0463 e. The van der Waals surface area contributed by atoms with Crippen molar-refractivity contribution in [2.24, 2.45) is 0 Å². The highest BCUT2D eigenvalue weighted by atomic mass is 14.9. The first kappa shape index (κ1) is 24.7. The standard InChI is InChI=1S/C38H33N/c1-38(2,3)36-25-24-32(34-17-7-8-18-35(34)36)30-14-11-15-31(26-30)39-37-19-10-9-16-33(37)29-22-20-28(21-23-29)27-12-5-4-6-13-27/h4-26,39H,1-3H3. The summed E-state index contributed by atoms with van der Waals surface area (Å²) in [5.74, 6) is 0. The van der Waals surface area contributed by atoms with Crippen LogP contribution in [-0.2, 0) is 5.41 Å². The maximum atomic E-state index is 3.71. The molecule has 6 aromatic rings. The van der Waals surface area contributed by atoms with Gasteiger partial charge in [0.05, 0.1) is 0 Å². The Balaban J connectivity index is 1.34. The quantitative estimate of drug-likeness (QED) is 0.247. The van der Waals surface area contributed by atoms with Gasteiger partial charge in [-0.1, -0.05) is 142 Å². The summed E-state index contributed by atoms with van der Waals surface area (Å²) in [7, 11) is 0. The minimum atomic E-state index is 0.0878. The van der Waals surface area contributed by atoms with Crippen LogP contribution in [-0.4, -0.2) is 0 Å². The van der Waals surface area contributed by atoms with Crippen LogP contribution < -0.4 is 5.32 Å². The van der Waals surface area contributed by atoms with E-state index in [1.54, 1.807) is 0 Å². The molecule has 0 radical (unpaired) electrons. The minimum Gasteiger partial charge on any atom is -0.355 e. The molecule has 190 valence electrons. The summed E-state index contributed by atoms with van der Waals surface area (Å²) in [5.41, 5.74) is 10.9. The molecule has 0 amide bonds. The van der Waals surface area contributed by atoms with E-state index in [0.29, 0.717) is 0 Å². The van der Waals surface area contributed by atoms with Crippen LogP contribution in [0.5, 0.6) is 0 Å². The van der Waals surface area contributed by atoms with Gasteiger partial charge in [0.2, 0.25) is 0 Å². The Morgan fingerprint density at radius 2 is 1.05 bits per heavy atom. The number of fused-ring (bicyclic) bond motifs is 1. The highest BCUT2D eigenvalue weighted by Gasteiger charge is 2.18. The molecule has 0 heterocycles. The predicted octanol–water partition coefficient (Wildman–Crippen LogP) is 10.9. The number of nitrogens with one attached hydrogen (secondary N) is 1. The first-order chi connectivity index (χ1) is 19.0. The Hall–Kier alpha value is -4.62. The second kappa shape index (κ2) is 10.3. The van der Waals surface area contributed by atoms with Gasteiger partial charge in [0.15, 0.2) is 0 Å². The lowest BCUT2D eigenvalue weighted by Gasteiger charge is -2.23. The van der Waals surface area contributed by atoms with E-state index in [4.69, 9.17) is 0 Å². The van der Waals surface area contributed by atoms with Gasteiger partial charge in [-0.3, -0.25) is 0 Å². The molecular formula is C38H33N. The first-order valence-corrected chi connectivity index (χ1v) is 13.6. The Kier molecular flexibility index (Phi) is 6.50. The molecule has 0 fully saturated rings. The van der Waals surface area contributed by atoms with Crippen molar-refractivity contribution in [3.8, 4) is 33.4 Å². The Bertz CT molecular complexity index is 1740. The van der Waals surface area contributed by atoms with E-state index >= 15 is 0 Å². The molecule has 0 aromatic heterocycles. The highest BCUT2D eigenvalue weighted by molar-refractivity contribution is 5.99. The molecule has 0 unspecified atom stereocenters. The minimum absolute atomic E-state index is 0.0878. The molecule has 0 spiro atoms. The van der Waals surface area contributed by atoms with Crippen molar-refractivity contribution >= 4 is 22.1 Å². The molecule has 6 aromatic carbocycles. The summed E-state index contributed by atoms with van der Waals surface area (Å²) < 4.78 is 0. The predicted molar refractivity (Wildman–Crippen MR) is 169 cm³/mol. The molecule has 0 aliphatic heterocycles. The molecule has 39 heavy (non-hydrogen) atoms. The third kappa shape index (κ3) is 5.09. The van der Waals surface area contributed by atoms with E-state index in [0.717, 1.165) is 11.4 Å². The maximum absolute atomic E-state index is 3.71. The SMILES string of the molecule is CC(C)(C)c1ccc(-c2cccc(Nc3ccccc3-c3ccc(-c4ccccc4)cc3)c2)c2ccccc12. The number of hydrogen-bond acceptors (Lipinski definition) is 1. The summed E-state index contributed by atoms with van der Waals surface area (Å²) >= 11 is 0. The van der Waals surface area contributed by atoms with Gasteiger partial charge in [0.1, 0.15) is 0 Å². The largest absolute Gasteiger partial charge is 0.355 e. The van der Waals surface area contributed by atoms with Crippen LogP contribution in [0, 0.1) is 0 Å². The van der Waals surface area contributed by atoms with Crippen molar-refractivity contribution < 1.29 is 0 Å². The van der Waals surface area contributed by atoms with E-state index in [2.05, 4.69) is 166 Å². The number of para-hydroxylation sites is 1. The van der Waals surface area contributed by atoms with Crippen molar-refractivity contribution in [1.29, 1.82) is 0 Å². The average Bonchev–Trinajstić information content (AvgIpc) is 2.97. The van der Waals surface area contributed by atoms with Crippen LogP contribution in [0.2, 0.25) is 0 Å².